The highest BCUT2D eigenvalue weighted by molar-refractivity contribution is 5.68. The maximum Gasteiger partial charge on any atom is 0.410 e. The molecule has 6 nitrogen and oxygen atoms in total. The Bertz CT molecular complexity index is 1180. The summed E-state index contributed by atoms with van der Waals surface area (Å²) in [6.07, 6.45) is 1.59. The normalized spacial score (nSPS) is 16.3. The lowest BCUT2D eigenvalue weighted by atomic mass is 9.95. The smallest absolute Gasteiger partial charge is 0.410 e. The molecular weight excluding hydrogens is 524 g/mol. The van der Waals surface area contributed by atoms with E-state index in [1.807, 2.05) is 121 Å². The van der Waals surface area contributed by atoms with E-state index in [0.29, 0.717) is 51.9 Å². The van der Waals surface area contributed by atoms with Gasteiger partial charge in [0, 0.05) is 26.2 Å². The Morgan fingerprint density at radius 2 is 0.690 bits per heavy atom. The molecule has 0 unspecified atom stereocenters. The van der Waals surface area contributed by atoms with Gasteiger partial charge in [0.05, 0.1) is 0 Å². The quantitative estimate of drug-likeness (QED) is 0.197. The highest BCUT2D eigenvalue weighted by Crippen LogP contribution is 2.26. The van der Waals surface area contributed by atoms with Crippen LogP contribution in [0.5, 0.6) is 0 Å². The number of ether oxygens (including phenoxy) is 2. The van der Waals surface area contributed by atoms with Gasteiger partial charge in [0.2, 0.25) is 0 Å². The van der Waals surface area contributed by atoms with Crippen molar-refractivity contribution in [2.24, 2.45) is 0 Å². The van der Waals surface area contributed by atoms with E-state index in [1.165, 1.54) is 0 Å². The van der Waals surface area contributed by atoms with E-state index >= 15 is 0 Å². The second-order valence-corrected chi connectivity index (χ2v) is 10.8. The van der Waals surface area contributed by atoms with Gasteiger partial charge in [-0.25, -0.2) is 9.59 Å². The van der Waals surface area contributed by atoms with Crippen LogP contribution in [0, 0.1) is 0 Å². The van der Waals surface area contributed by atoms with Crippen molar-refractivity contribution in [3.8, 4) is 0 Å². The number of hydrogen-bond acceptors (Lipinski definition) is 4. The van der Waals surface area contributed by atoms with Gasteiger partial charge in [0.1, 0.15) is 12.2 Å². The maximum atomic E-state index is 13.3. The van der Waals surface area contributed by atoms with Gasteiger partial charge in [-0.05, 0) is 47.9 Å². The molecule has 0 N–H and O–H groups in total. The highest BCUT2D eigenvalue weighted by Gasteiger charge is 2.29. The standard InChI is InChI=1S/C36H38N2O4/c39-35(37(25-29-13-5-1-6-14-29)26-30-15-7-2-8-16-30)41-33-21-23-34(24-22-33)42-36(40)38(27-31-17-9-3-10-18-31)28-32-19-11-4-12-20-32/h1-20,33-34H,21-28H2. The van der Waals surface area contributed by atoms with Crippen LogP contribution >= 0.6 is 0 Å². The summed E-state index contributed by atoms with van der Waals surface area (Å²) in [5, 5.41) is 0. The average Bonchev–Trinajstić information content (AvgIpc) is 3.03. The van der Waals surface area contributed by atoms with Crippen molar-refractivity contribution >= 4 is 12.2 Å². The van der Waals surface area contributed by atoms with Crippen LogP contribution in [0.25, 0.3) is 0 Å². The molecule has 0 aliphatic heterocycles. The summed E-state index contributed by atoms with van der Waals surface area (Å²) in [6, 6.07) is 39.8. The molecule has 0 spiro atoms. The summed E-state index contributed by atoms with van der Waals surface area (Å²) >= 11 is 0. The first-order valence-corrected chi connectivity index (χ1v) is 14.7. The zero-order valence-corrected chi connectivity index (χ0v) is 23.9. The number of carbonyl (C=O) groups is 2. The van der Waals surface area contributed by atoms with E-state index in [1.54, 1.807) is 9.80 Å². The van der Waals surface area contributed by atoms with Crippen LogP contribution in [0.1, 0.15) is 47.9 Å². The molecule has 1 aliphatic carbocycles. The minimum atomic E-state index is -0.319. The first-order chi connectivity index (χ1) is 20.6. The fourth-order valence-corrected chi connectivity index (χ4v) is 5.29. The second-order valence-electron chi connectivity index (χ2n) is 10.8. The Kier molecular flexibility index (Phi) is 10.2. The van der Waals surface area contributed by atoms with Crippen LogP contribution in [-0.2, 0) is 35.7 Å². The molecule has 0 heterocycles. The number of nitrogens with zero attached hydrogens (tertiary/aromatic N) is 2. The van der Waals surface area contributed by atoms with E-state index in [9.17, 15) is 9.59 Å². The number of benzene rings is 4. The van der Waals surface area contributed by atoms with E-state index < -0.39 is 0 Å². The van der Waals surface area contributed by atoms with Gasteiger partial charge in [-0.1, -0.05) is 121 Å². The van der Waals surface area contributed by atoms with Crippen LogP contribution in [-0.4, -0.2) is 34.2 Å². The molecule has 0 saturated heterocycles. The lowest BCUT2D eigenvalue weighted by Crippen LogP contribution is -2.38. The lowest BCUT2D eigenvalue weighted by molar-refractivity contribution is -0.00256. The Labute approximate surface area is 248 Å². The highest BCUT2D eigenvalue weighted by atomic mass is 16.6. The van der Waals surface area contributed by atoms with E-state index in [0.717, 1.165) is 22.3 Å². The third kappa shape index (κ3) is 8.71. The van der Waals surface area contributed by atoms with Crippen molar-refractivity contribution in [1.29, 1.82) is 0 Å². The lowest BCUT2D eigenvalue weighted by Gasteiger charge is -2.32. The molecule has 1 fully saturated rings. The van der Waals surface area contributed by atoms with Crippen LogP contribution in [0.15, 0.2) is 121 Å². The largest absolute Gasteiger partial charge is 0.446 e. The van der Waals surface area contributed by atoms with E-state index in [2.05, 4.69) is 0 Å². The zero-order valence-electron chi connectivity index (χ0n) is 23.9. The van der Waals surface area contributed by atoms with Crippen LogP contribution in [0.3, 0.4) is 0 Å². The summed E-state index contributed by atoms with van der Waals surface area (Å²) in [7, 11) is 0. The number of rotatable bonds is 10. The van der Waals surface area contributed by atoms with Gasteiger partial charge < -0.3 is 9.47 Å². The monoisotopic (exact) mass is 562 g/mol. The topological polar surface area (TPSA) is 59.1 Å². The molecule has 0 aromatic heterocycles. The van der Waals surface area contributed by atoms with Gasteiger partial charge >= 0.3 is 12.2 Å². The van der Waals surface area contributed by atoms with E-state index in [-0.39, 0.29) is 24.4 Å². The van der Waals surface area contributed by atoms with E-state index in [4.69, 9.17) is 9.47 Å². The van der Waals surface area contributed by atoms with Crippen molar-refractivity contribution < 1.29 is 19.1 Å². The number of amides is 2. The fraction of sp³-hybridized carbons (Fsp3) is 0.278. The maximum absolute atomic E-state index is 13.3. The van der Waals surface area contributed by atoms with Crippen molar-refractivity contribution in [1.82, 2.24) is 9.80 Å². The van der Waals surface area contributed by atoms with Gasteiger partial charge in [0.15, 0.2) is 0 Å². The minimum absolute atomic E-state index is 0.203. The summed E-state index contributed by atoms with van der Waals surface area (Å²) in [4.78, 5) is 30.2. The predicted octanol–water partition coefficient (Wildman–Crippen LogP) is 7.98. The molecule has 0 bridgehead atoms. The Balaban J connectivity index is 1.16. The van der Waals surface area contributed by atoms with Crippen molar-refractivity contribution in [2.75, 3.05) is 0 Å². The molecule has 4 aromatic rings. The molecule has 6 heteroatoms. The molecule has 2 amide bonds. The molecule has 5 rings (SSSR count). The third-order valence-corrected chi connectivity index (χ3v) is 7.54. The molecule has 1 saturated carbocycles. The van der Waals surface area contributed by atoms with Crippen molar-refractivity contribution in [3.05, 3.63) is 144 Å². The average molecular weight is 563 g/mol. The van der Waals surface area contributed by atoms with Crippen LogP contribution in [0.4, 0.5) is 9.59 Å². The van der Waals surface area contributed by atoms with Gasteiger partial charge in [0.25, 0.3) is 0 Å². The molecular formula is C36H38N2O4. The number of carbonyl (C=O) groups excluding carboxylic acids is 2. The Morgan fingerprint density at radius 3 is 0.929 bits per heavy atom. The van der Waals surface area contributed by atoms with Crippen molar-refractivity contribution in [2.45, 2.75) is 64.1 Å². The third-order valence-electron chi connectivity index (χ3n) is 7.54. The summed E-state index contributed by atoms with van der Waals surface area (Å²) in [5.41, 5.74) is 4.21. The second kappa shape index (κ2) is 14.9. The summed E-state index contributed by atoms with van der Waals surface area (Å²) in [5.74, 6) is 0. The molecule has 0 atom stereocenters. The zero-order chi connectivity index (χ0) is 29.0. The fourth-order valence-electron chi connectivity index (χ4n) is 5.29. The van der Waals surface area contributed by atoms with Crippen LogP contribution in [0.2, 0.25) is 0 Å². The summed E-state index contributed by atoms with van der Waals surface area (Å²) < 4.78 is 12.0. The first-order valence-electron chi connectivity index (χ1n) is 14.7. The van der Waals surface area contributed by atoms with Gasteiger partial charge in [-0.2, -0.15) is 0 Å². The Hall–Kier alpha value is -4.58. The van der Waals surface area contributed by atoms with Gasteiger partial charge in [-0.15, -0.1) is 0 Å². The van der Waals surface area contributed by atoms with Crippen molar-refractivity contribution in [3.63, 3.8) is 0 Å². The van der Waals surface area contributed by atoms with Crippen LogP contribution < -0.4 is 0 Å². The molecule has 4 aromatic carbocycles. The predicted molar refractivity (Wildman–Crippen MR) is 163 cm³/mol. The molecule has 216 valence electrons. The summed E-state index contributed by atoms with van der Waals surface area (Å²) in [6.45, 7) is 1.89. The molecule has 0 radical (unpaired) electrons. The Morgan fingerprint density at radius 1 is 0.452 bits per heavy atom. The minimum Gasteiger partial charge on any atom is -0.446 e. The molecule has 1 aliphatic rings. The SMILES string of the molecule is O=C(OC1CCC(OC(=O)N(Cc2ccccc2)Cc2ccccc2)CC1)N(Cc1ccccc1)Cc1ccccc1. The number of hydrogen-bond donors (Lipinski definition) is 0. The molecule has 42 heavy (non-hydrogen) atoms. The van der Waals surface area contributed by atoms with Gasteiger partial charge in [-0.3, -0.25) is 9.80 Å². The first kappa shape index (κ1) is 28.9.